The Morgan fingerprint density at radius 3 is 2.58 bits per heavy atom. The van der Waals surface area contributed by atoms with E-state index in [1.165, 1.54) is 12.0 Å². The Balaban J connectivity index is 1.74. The van der Waals surface area contributed by atoms with Crippen molar-refractivity contribution in [1.82, 2.24) is 4.90 Å². The monoisotopic (exact) mass is 335 g/mol. The molecule has 2 heterocycles. The third kappa shape index (κ3) is 3.68. The maximum atomic E-state index is 6.06. The van der Waals surface area contributed by atoms with Crippen LogP contribution in [0.3, 0.4) is 0 Å². The standard InChI is InChI=1S/C19H29NO4/c1-21-14-19-6-4-8-24-18(19)5-7-20(13-19)12-15-9-16(22-2)11-17(10-15)23-3/h9-11,18H,4-8,12-14H2,1-3H3/t18-,19+/m0/s1. The average Bonchev–Trinajstić information content (AvgIpc) is 2.61. The fourth-order valence-electron chi connectivity index (χ4n) is 4.23. The molecule has 0 N–H and O–H groups in total. The molecular weight excluding hydrogens is 306 g/mol. The summed E-state index contributed by atoms with van der Waals surface area (Å²) in [5, 5.41) is 0. The van der Waals surface area contributed by atoms with Gasteiger partial charge in [0.1, 0.15) is 11.5 Å². The van der Waals surface area contributed by atoms with Gasteiger partial charge in [-0.3, -0.25) is 4.90 Å². The van der Waals surface area contributed by atoms with Crippen molar-refractivity contribution in [3.8, 4) is 11.5 Å². The highest BCUT2D eigenvalue weighted by molar-refractivity contribution is 5.38. The molecule has 0 radical (unpaired) electrons. The molecule has 2 atom stereocenters. The van der Waals surface area contributed by atoms with E-state index in [9.17, 15) is 0 Å². The summed E-state index contributed by atoms with van der Waals surface area (Å²) in [4.78, 5) is 2.51. The largest absolute Gasteiger partial charge is 0.497 e. The Hall–Kier alpha value is -1.30. The van der Waals surface area contributed by atoms with Crippen molar-refractivity contribution in [3.05, 3.63) is 23.8 Å². The second-order valence-corrected chi connectivity index (χ2v) is 6.98. The minimum atomic E-state index is 0.133. The predicted molar refractivity (Wildman–Crippen MR) is 92.7 cm³/mol. The molecule has 2 aliphatic heterocycles. The Morgan fingerprint density at radius 2 is 1.92 bits per heavy atom. The lowest BCUT2D eigenvalue weighted by Crippen LogP contribution is -2.56. The van der Waals surface area contributed by atoms with Crippen molar-refractivity contribution in [1.29, 1.82) is 0 Å². The summed E-state index contributed by atoms with van der Waals surface area (Å²) in [6.45, 7) is 4.63. The van der Waals surface area contributed by atoms with E-state index in [-0.39, 0.29) is 5.41 Å². The van der Waals surface area contributed by atoms with Crippen molar-refractivity contribution in [2.75, 3.05) is 47.6 Å². The van der Waals surface area contributed by atoms with Crippen LogP contribution in [0.2, 0.25) is 0 Å². The summed E-state index contributed by atoms with van der Waals surface area (Å²) < 4.78 is 22.4. The van der Waals surface area contributed by atoms with Gasteiger partial charge in [-0.1, -0.05) is 0 Å². The van der Waals surface area contributed by atoms with Gasteiger partial charge in [0.05, 0.1) is 26.9 Å². The second-order valence-electron chi connectivity index (χ2n) is 6.98. The van der Waals surface area contributed by atoms with E-state index in [4.69, 9.17) is 18.9 Å². The third-order valence-corrected chi connectivity index (χ3v) is 5.32. The van der Waals surface area contributed by atoms with Gasteiger partial charge in [0, 0.05) is 44.8 Å². The summed E-state index contributed by atoms with van der Waals surface area (Å²) >= 11 is 0. The highest BCUT2D eigenvalue weighted by atomic mass is 16.5. The van der Waals surface area contributed by atoms with Gasteiger partial charge >= 0.3 is 0 Å². The first-order chi connectivity index (χ1) is 11.7. The van der Waals surface area contributed by atoms with E-state index in [1.54, 1.807) is 21.3 Å². The van der Waals surface area contributed by atoms with Gasteiger partial charge in [-0.15, -0.1) is 0 Å². The Kier molecular flexibility index (Phi) is 5.64. The molecule has 24 heavy (non-hydrogen) atoms. The molecule has 1 aromatic carbocycles. The van der Waals surface area contributed by atoms with Crippen LogP contribution in [-0.2, 0) is 16.0 Å². The number of piperidine rings is 1. The summed E-state index contributed by atoms with van der Waals surface area (Å²) in [6, 6.07) is 6.10. The number of likely N-dealkylation sites (tertiary alicyclic amines) is 1. The lowest BCUT2D eigenvalue weighted by atomic mass is 9.73. The smallest absolute Gasteiger partial charge is 0.122 e. The molecule has 2 saturated heterocycles. The molecule has 0 saturated carbocycles. The number of fused-ring (bicyclic) bond motifs is 1. The zero-order valence-electron chi connectivity index (χ0n) is 15.0. The Labute approximate surface area is 144 Å². The molecule has 0 aliphatic carbocycles. The van der Waals surface area contributed by atoms with Crippen molar-refractivity contribution in [2.45, 2.75) is 31.9 Å². The lowest BCUT2D eigenvalue weighted by molar-refractivity contribution is -0.149. The van der Waals surface area contributed by atoms with Crippen LogP contribution in [0.1, 0.15) is 24.8 Å². The van der Waals surface area contributed by atoms with Gasteiger partial charge in [-0.05, 0) is 37.0 Å². The molecular formula is C19H29NO4. The minimum Gasteiger partial charge on any atom is -0.497 e. The van der Waals surface area contributed by atoms with Crippen LogP contribution in [0.25, 0.3) is 0 Å². The van der Waals surface area contributed by atoms with Gasteiger partial charge in [-0.25, -0.2) is 0 Å². The van der Waals surface area contributed by atoms with Crippen molar-refractivity contribution in [2.24, 2.45) is 5.41 Å². The highest BCUT2D eigenvalue weighted by Crippen LogP contribution is 2.40. The number of methoxy groups -OCH3 is 3. The SMILES string of the molecule is COC[C@]12CCCO[C@H]1CCN(Cc1cc(OC)cc(OC)c1)C2. The molecule has 2 aliphatic rings. The third-order valence-electron chi connectivity index (χ3n) is 5.32. The van der Waals surface area contributed by atoms with E-state index in [2.05, 4.69) is 17.0 Å². The summed E-state index contributed by atoms with van der Waals surface area (Å²) in [5.41, 5.74) is 1.35. The van der Waals surface area contributed by atoms with Gasteiger partial charge < -0.3 is 18.9 Å². The summed E-state index contributed by atoms with van der Waals surface area (Å²) in [7, 11) is 5.18. The Bertz CT molecular complexity index is 524. The number of nitrogens with zero attached hydrogens (tertiary/aromatic N) is 1. The highest BCUT2D eigenvalue weighted by Gasteiger charge is 2.45. The van der Waals surface area contributed by atoms with Gasteiger partial charge in [-0.2, -0.15) is 0 Å². The van der Waals surface area contributed by atoms with Crippen molar-refractivity contribution in [3.63, 3.8) is 0 Å². The van der Waals surface area contributed by atoms with E-state index >= 15 is 0 Å². The number of rotatable bonds is 6. The zero-order chi connectivity index (χ0) is 17.0. The van der Waals surface area contributed by atoms with E-state index in [0.29, 0.717) is 6.10 Å². The first kappa shape index (κ1) is 17.5. The first-order valence-electron chi connectivity index (χ1n) is 8.74. The summed E-state index contributed by atoms with van der Waals surface area (Å²) in [5.74, 6) is 1.68. The maximum Gasteiger partial charge on any atom is 0.122 e. The van der Waals surface area contributed by atoms with Crippen LogP contribution in [0, 0.1) is 5.41 Å². The lowest BCUT2D eigenvalue weighted by Gasteiger charge is -2.50. The molecule has 3 rings (SSSR count). The van der Waals surface area contributed by atoms with Crippen LogP contribution < -0.4 is 9.47 Å². The zero-order valence-corrected chi connectivity index (χ0v) is 15.0. The Morgan fingerprint density at radius 1 is 1.17 bits per heavy atom. The number of hydrogen-bond acceptors (Lipinski definition) is 5. The van der Waals surface area contributed by atoms with E-state index in [1.807, 2.05) is 6.07 Å². The van der Waals surface area contributed by atoms with E-state index < -0.39 is 0 Å². The van der Waals surface area contributed by atoms with Crippen molar-refractivity contribution < 1.29 is 18.9 Å². The predicted octanol–water partition coefficient (Wildman–Crippen LogP) is 2.72. The molecule has 0 bridgehead atoms. The topological polar surface area (TPSA) is 40.2 Å². The van der Waals surface area contributed by atoms with Crippen LogP contribution in [0.15, 0.2) is 18.2 Å². The van der Waals surface area contributed by atoms with Crippen LogP contribution in [0.4, 0.5) is 0 Å². The molecule has 0 spiro atoms. The molecule has 0 aromatic heterocycles. The molecule has 0 unspecified atom stereocenters. The van der Waals surface area contributed by atoms with Crippen molar-refractivity contribution >= 4 is 0 Å². The van der Waals surface area contributed by atoms with Gasteiger partial charge in [0.2, 0.25) is 0 Å². The quantitative estimate of drug-likeness (QED) is 0.799. The fraction of sp³-hybridized carbons (Fsp3) is 0.684. The molecule has 134 valence electrons. The molecule has 5 nitrogen and oxygen atoms in total. The molecule has 1 aromatic rings. The summed E-state index contributed by atoms with van der Waals surface area (Å²) in [6.07, 6.45) is 3.72. The second kappa shape index (κ2) is 7.72. The molecule has 0 amide bonds. The van der Waals surface area contributed by atoms with Crippen LogP contribution >= 0.6 is 0 Å². The minimum absolute atomic E-state index is 0.133. The van der Waals surface area contributed by atoms with Crippen LogP contribution in [-0.4, -0.2) is 58.6 Å². The maximum absolute atomic E-state index is 6.06. The van der Waals surface area contributed by atoms with Gasteiger partial charge in [0.25, 0.3) is 0 Å². The van der Waals surface area contributed by atoms with Gasteiger partial charge in [0.15, 0.2) is 0 Å². The van der Waals surface area contributed by atoms with Crippen LogP contribution in [0.5, 0.6) is 11.5 Å². The number of ether oxygens (including phenoxy) is 4. The average molecular weight is 335 g/mol. The normalized spacial score (nSPS) is 27.5. The van der Waals surface area contributed by atoms with E-state index in [0.717, 1.165) is 57.2 Å². The number of benzene rings is 1. The first-order valence-corrected chi connectivity index (χ1v) is 8.74. The molecule has 5 heteroatoms. The number of hydrogen-bond donors (Lipinski definition) is 0. The molecule has 2 fully saturated rings. The fourth-order valence-corrected chi connectivity index (χ4v) is 4.23.